The highest BCUT2D eigenvalue weighted by Gasteiger charge is 2.40. The van der Waals surface area contributed by atoms with Crippen LogP contribution in [0.15, 0.2) is 42.5 Å². The number of likely N-dealkylation sites (tertiary alicyclic amines) is 1. The third-order valence-electron chi connectivity index (χ3n) is 6.87. The summed E-state index contributed by atoms with van der Waals surface area (Å²) in [6.07, 6.45) is 4.86. The summed E-state index contributed by atoms with van der Waals surface area (Å²) in [5.41, 5.74) is 3.92. The van der Waals surface area contributed by atoms with Gasteiger partial charge in [-0.25, -0.2) is 0 Å². The van der Waals surface area contributed by atoms with E-state index in [-0.39, 0.29) is 30.3 Å². The molecule has 1 N–H and O–H groups in total. The monoisotopic (exact) mass is 446 g/mol. The number of rotatable bonds is 4. The lowest BCUT2D eigenvalue weighted by Crippen LogP contribution is -2.56. The SMILES string of the molecule is Cc1cccc(NC(=O)CN2C(=O)[C@@H]3CCCCN3c3ccc(C(=O)N4CCCC4)cc32)c1. The van der Waals surface area contributed by atoms with E-state index in [1.165, 1.54) is 0 Å². The number of hydrogen-bond acceptors (Lipinski definition) is 4. The first kappa shape index (κ1) is 21.5. The first-order chi connectivity index (χ1) is 16.0. The number of carbonyl (C=O) groups excluding carboxylic acids is 3. The number of nitrogens with zero attached hydrogens (tertiary/aromatic N) is 3. The van der Waals surface area contributed by atoms with Gasteiger partial charge in [0.1, 0.15) is 12.6 Å². The van der Waals surface area contributed by atoms with Gasteiger partial charge < -0.3 is 15.1 Å². The average Bonchev–Trinajstić information content (AvgIpc) is 3.36. The Morgan fingerprint density at radius 1 is 0.970 bits per heavy atom. The molecule has 33 heavy (non-hydrogen) atoms. The molecule has 0 bridgehead atoms. The Kier molecular flexibility index (Phi) is 5.79. The molecule has 2 fully saturated rings. The Bertz CT molecular complexity index is 1090. The molecular formula is C26H30N4O3. The molecule has 2 saturated heterocycles. The van der Waals surface area contributed by atoms with Crippen LogP contribution < -0.4 is 15.1 Å². The summed E-state index contributed by atoms with van der Waals surface area (Å²) < 4.78 is 0. The minimum absolute atomic E-state index is 0.00678. The third-order valence-corrected chi connectivity index (χ3v) is 6.87. The van der Waals surface area contributed by atoms with Crippen LogP contribution in [0.4, 0.5) is 17.1 Å². The predicted octanol–water partition coefficient (Wildman–Crippen LogP) is 3.58. The molecule has 1 atom stereocenters. The summed E-state index contributed by atoms with van der Waals surface area (Å²) in [6.45, 7) is 4.24. The number of carbonyl (C=O) groups is 3. The Labute approximate surface area is 194 Å². The molecule has 3 amide bonds. The molecular weight excluding hydrogens is 416 g/mol. The van der Waals surface area contributed by atoms with Gasteiger partial charge in [0.05, 0.1) is 11.4 Å². The van der Waals surface area contributed by atoms with Crippen LogP contribution in [-0.2, 0) is 9.59 Å². The minimum Gasteiger partial charge on any atom is -0.358 e. The summed E-state index contributed by atoms with van der Waals surface area (Å²) in [5, 5.41) is 2.91. The highest BCUT2D eigenvalue weighted by Crippen LogP contribution is 2.40. The van der Waals surface area contributed by atoms with Gasteiger partial charge in [-0.15, -0.1) is 0 Å². The molecule has 7 heteroatoms. The van der Waals surface area contributed by atoms with Crippen LogP contribution >= 0.6 is 0 Å². The normalized spacial score (nSPS) is 19.8. The van der Waals surface area contributed by atoms with E-state index in [4.69, 9.17) is 0 Å². The summed E-state index contributed by atoms with van der Waals surface area (Å²) >= 11 is 0. The second kappa shape index (κ2) is 8.89. The number of fused-ring (bicyclic) bond motifs is 3. The topological polar surface area (TPSA) is 73.0 Å². The Morgan fingerprint density at radius 2 is 1.76 bits per heavy atom. The maximum Gasteiger partial charge on any atom is 0.253 e. The molecule has 0 aliphatic carbocycles. The Balaban J connectivity index is 1.46. The van der Waals surface area contributed by atoms with Crippen molar-refractivity contribution >= 4 is 34.8 Å². The largest absolute Gasteiger partial charge is 0.358 e. The van der Waals surface area contributed by atoms with E-state index in [1.54, 1.807) is 11.0 Å². The lowest BCUT2D eigenvalue weighted by atomic mass is 9.95. The van der Waals surface area contributed by atoms with E-state index in [0.717, 1.165) is 63.0 Å². The van der Waals surface area contributed by atoms with Crippen molar-refractivity contribution in [3.63, 3.8) is 0 Å². The highest BCUT2D eigenvalue weighted by molar-refractivity contribution is 6.11. The van der Waals surface area contributed by atoms with Crippen molar-refractivity contribution in [3.05, 3.63) is 53.6 Å². The van der Waals surface area contributed by atoms with Crippen LogP contribution in [0.25, 0.3) is 0 Å². The molecule has 5 rings (SSSR count). The fourth-order valence-electron chi connectivity index (χ4n) is 5.22. The lowest BCUT2D eigenvalue weighted by Gasteiger charge is -2.45. The van der Waals surface area contributed by atoms with Gasteiger partial charge in [-0.1, -0.05) is 12.1 Å². The molecule has 3 aliphatic heterocycles. The maximum absolute atomic E-state index is 13.5. The molecule has 2 aromatic carbocycles. The van der Waals surface area contributed by atoms with Gasteiger partial charge >= 0.3 is 0 Å². The van der Waals surface area contributed by atoms with Crippen molar-refractivity contribution in [2.24, 2.45) is 0 Å². The van der Waals surface area contributed by atoms with Crippen molar-refractivity contribution in [1.29, 1.82) is 0 Å². The lowest BCUT2D eigenvalue weighted by molar-refractivity contribution is -0.123. The highest BCUT2D eigenvalue weighted by atomic mass is 16.2. The van der Waals surface area contributed by atoms with E-state index >= 15 is 0 Å². The zero-order valence-corrected chi connectivity index (χ0v) is 19.0. The summed E-state index contributed by atoms with van der Waals surface area (Å²) in [7, 11) is 0. The quantitative estimate of drug-likeness (QED) is 0.779. The summed E-state index contributed by atoms with van der Waals surface area (Å²) in [5.74, 6) is -0.319. The second-order valence-corrected chi connectivity index (χ2v) is 9.25. The predicted molar refractivity (Wildman–Crippen MR) is 129 cm³/mol. The number of benzene rings is 2. The molecule has 7 nitrogen and oxygen atoms in total. The fourth-order valence-corrected chi connectivity index (χ4v) is 5.22. The van der Waals surface area contributed by atoms with Crippen LogP contribution in [0.2, 0.25) is 0 Å². The molecule has 0 radical (unpaired) electrons. The van der Waals surface area contributed by atoms with E-state index in [1.807, 2.05) is 48.2 Å². The maximum atomic E-state index is 13.5. The Morgan fingerprint density at radius 3 is 2.55 bits per heavy atom. The molecule has 172 valence electrons. The third kappa shape index (κ3) is 4.19. The summed E-state index contributed by atoms with van der Waals surface area (Å²) in [6, 6.07) is 13.0. The van der Waals surface area contributed by atoms with Crippen LogP contribution in [0.5, 0.6) is 0 Å². The van der Waals surface area contributed by atoms with E-state index in [2.05, 4.69) is 10.2 Å². The Hall–Kier alpha value is -3.35. The van der Waals surface area contributed by atoms with Crippen molar-refractivity contribution in [1.82, 2.24) is 4.90 Å². The van der Waals surface area contributed by atoms with Gasteiger partial charge in [0.2, 0.25) is 11.8 Å². The van der Waals surface area contributed by atoms with E-state index < -0.39 is 0 Å². The molecule has 0 saturated carbocycles. The van der Waals surface area contributed by atoms with Gasteiger partial charge in [-0.2, -0.15) is 0 Å². The molecule has 0 spiro atoms. The van der Waals surface area contributed by atoms with E-state index in [0.29, 0.717) is 16.9 Å². The van der Waals surface area contributed by atoms with Gasteiger partial charge in [0, 0.05) is 30.9 Å². The number of amides is 3. The first-order valence-corrected chi connectivity index (χ1v) is 11.9. The van der Waals surface area contributed by atoms with Crippen molar-refractivity contribution in [3.8, 4) is 0 Å². The van der Waals surface area contributed by atoms with E-state index in [9.17, 15) is 14.4 Å². The van der Waals surface area contributed by atoms with Crippen molar-refractivity contribution in [2.75, 3.05) is 41.3 Å². The van der Waals surface area contributed by atoms with Gasteiger partial charge in [-0.3, -0.25) is 19.3 Å². The molecule has 3 heterocycles. The number of aryl methyl sites for hydroxylation is 1. The minimum atomic E-state index is -0.252. The molecule has 3 aliphatic rings. The number of piperidine rings is 1. The molecule has 0 unspecified atom stereocenters. The average molecular weight is 447 g/mol. The van der Waals surface area contributed by atoms with Crippen LogP contribution in [0.3, 0.4) is 0 Å². The molecule has 2 aromatic rings. The number of hydrogen-bond donors (Lipinski definition) is 1. The molecule has 0 aromatic heterocycles. The second-order valence-electron chi connectivity index (χ2n) is 9.25. The van der Waals surface area contributed by atoms with Gasteiger partial charge in [0.25, 0.3) is 5.91 Å². The van der Waals surface area contributed by atoms with Crippen molar-refractivity contribution in [2.45, 2.75) is 45.1 Å². The van der Waals surface area contributed by atoms with Crippen LogP contribution in [-0.4, -0.2) is 54.8 Å². The van der Waals surface area contributed by atoms with Crippen molar-refractivity contribution < 1.29 is 14.4 Å². The zero-order valence-electron chi connectivity index (χ0n) is 19.0. The first-order valence-electron chi connectivity index (χ1n) is 11.9. The number of nitrogens with one attached hydrogen (secondary N) is 1. The standard InChI is InChI=1S/C26H30N4O3/c1-18-7-6-8-20(15-18)27-24(31)17-30-23-16-19(25(32)28-12-4-5-13-28)10-11-21(23)29-14-3-2-9-22(29)26(30)33/h6-8,10-11,15-16,22H,2-5,9,12-14,17H2,1H3,(H,27,31)/t22-/m0/s1. The fraction of sp³-hybridized carbons (Fsp3) is 0.423. The smallest absolute Gasteiger partial charge is 0.253 e. The number of anilines is 3. The van der Waals surface area contributed by atoms with Gasteiger partial charge in [-0.05, 0) is 74.9 Å². The van der Waals surface area contributed by atoms with Gasteiger partial charge in [0.15, 0.2) is 0 Å². The van der Waals surface area contributed by atoms with Crippen LogP contribution in [0.1, 0.15) is 48.0 Å². The van der Waals surface area contributed by atoms with Crippen LogP contribution in [0, 0.1) is 6.92 Å². The summed E-state index contributed by atoms with van der Waals surface area (Å²) in [4.78, 5) is 45.1. The zero-order chi connectivity index (χ0) is 22.9.